The predicted molar refractivity (Wildman–Crippen MR) is 87.3 cm³/mol. The minimum absolute atomic E-state index is 0.0765. The number of nitrogens with zero attached hydrogens (tertiary/aromatic N) is 1. The molecule has 4 heteroatoms. The van der Waals surface area contributed by atoms with Crippen molar-refractivity contribution in [3.8, 4) is 0 Å². The van der Waals surface area contributed by atoms with Crippen LogP contribution in [0.25, 0.3) is 0 Å². The van der Waals surface area contributed by atoms with Gasteiger partial charge in [-0.1, -0.05) is 32.9 Å². The molecule has 0 aliphatic heterocycles. The summed E-state index contributed by atoms with van der Waals surface area (Å²) in [5.41, 5.74) is 2.95. The Morgan fingerprint density at radius 2 is 2.00 bits per heavy atom. The quantitative estimate of drug-likeness (QED) is 0.830. The van der Waals surface area contributed by atoms with E-state index in [0.717, 1.165) is 24.9 Å². The Hall–Kier alpha value is -1.26. The molecule has 1 unspecified atom stereocenters. The lowest BCUT2D eigenvalue weighted by molar-refractivity contribution is 0.338. The molecule has 1 aromatic carbocycles. The van der Waals surface area contributed by atoms with E-state index in [4.69, 9.17) is 0 Å². The highest BCUT2D eigenvalue weighted by Crippen LogP contribution is 2.30. The topological polar surface area (TPSA) is 24.9 Å². The van der Waals surface area contributed by atoms with Crippen molar-refractivity contribution in [1.29, 1.82) is 0 Å². The number of hydrogen-bond acceptors (Lipinski definition) is 3. The van der Waals surface area contributed by atoms with Crippen LogP contribution in [0.15, 0.2) is 36.0 Å². The number of thiazole rings is 1. The van der Waals surface area contributed by atoms with Gasteiger partial charge in [-0.15, -0.1) is 11.3 Å². The van der Waals surface area contributed by atoms with Crippen molar-refractivity contribution < 1.29 is 4.39 Å². The molecule has 0 bridgehead atoms. The van der Waals surface area contributed by atoms with Crippen molar-refractivity contribution in [2.45, 2.75) is 45.1 Å². The standard InChI is InChI=1S/C17H23FN2S/c1-4-9-20-16(10-15-11-19-12-21-15)17(2,3)13-5-7-14(18)8-6-13/h5-8,11-12,16,20H,4,9-10H2,1-3H3. The zero-order valence-electron chi connectivity index (χ0n) is 12.9. The van der Waals surface area contributed by atoms with Gasteiger partial charge in [0.25, 0.3) is 0 Å². The Morgan fingerprint density at radius 3 is 2.57 bits per heavy atom. The number of aromatic nitrogens is 1. The van der Waals surface area contributed by atoms with Crippen LogP contribution in [-0.4, -0.2) is 17.6 Å². The summed E-state index contributed by atoms with van der Waals surface area (Å²) in [5.74, 6) is -0.185. The van der Waals surface area contributed by atoms with E-state index in [1.54, 1.807) is 23.5 Å². The van der Waals surface area contributed by atoms with Gasteiger partial charge in [0.15, 0.2) is 0 Å². The van der Waals surface area contributed by atoms with E-state index >= 15 is 0 Å². The highest BCUT2D eigenvalue weighted by molar-refractivity contribution is 7.09. The molecule has 1 N–H and O–H groups in total. The van der Waals surface area contributed by atoms with E-state index < -0.39 is 0 Å². The molecule has 2 aromatic rings. The summed E-state index contributed by atoms with van der Waals surface area (Å²) in [4.78, 5) is 5.44. The van der Waals surface area contributed by atoms with Crippen LogP contribution in [0.4, 0.5) is 4.39 Å². The zero-order valence-corrected chi connectivity index (χ0v) is 13.7. The van der Waals surface area contributed by atoms with Crippen molar-refractivity contribution >= 4 is 11.3 Å². The van der Waals surface area contributed by atoms with Gasteiger partial charge in [0.2, 0.25) is 0 Å². The molecular formula is C17H23FN2S. The summed E-state index contributed by atoms with van der Waals surface area (Å²) < 4.78 is 13.2. The fraction of sp³-hybridized carbons (Fsp3) is 0.471. The maximum Gasteiger partial charge on any atom is 0.123 e. The number of nitrogens with one attached hydrogen (secondary N) is 1. The van der Waals surface area contributed by atoms with Gasteiger partial charge >= 0.3 is 0 Å². The van der Waals surface area contributed by atoms with E-state index in [1.165, 1.54) is 4.88 Å². The monoisotopic (exact) mass is 306 g/mol. The van der Waals surface area contributed by atoms with Gasteiger partial charge in [-0.05, 0) is 37.1 Å². The number of benzene rings is 1. The molecule has 0 aliphatic carbocycles. The first-order valence-electron chi connectivity index (χ1n) is 7.41. The molecule has 1 atom stereocenters. The third-order valence-corrected chi connectivity index (χ3v) is 4.79. The Balaban J connectivity index is 2.22. The maximum atomic E-state index is 13.2. The van der Waals surface area contributed by atoms with Crippen LogP contribution >= 0.6 is 11.3 Å². The van der Waals surface area contributed by atoms with Gasteiger partial charge in [-0.2, -0.15) is 0 Å². The summed E-state index contributed by atoms with van der Waals surface area (Å²) >= 11 is 1.69. The second-order valence-electron chi connectivity index (χ2n) is 5.91. The third-order valence-electron chi connectivity index (χ3n) is 3.99. The molecule has 21 heavy (non-hydrogen) atoms. The first-order chi connectivity index (χ1) is 10.0. The van der Waals surface area contributed by atoms with Crippen LogP contribution < -0.4 is 5.32 Å². The first kappa shape index (κ1) is 16.1. The summed E-state index contributed by atoms with van der Waals surface area (Å²) in [6.07, 6.45) is 3.97. The van der Waals surface area contributed by atoms with Crippen molar-refractivity contribution in [2.75, 3.05) is 6.54 Å². The molecule has 1 heterocycles. The molecule has 2 rings (SSSR count). The Bertz CT molecular complexity index is 534. The average molecular weight is 306 g/mol. The molecular weight excluding hydrogens is 283 g/mol. The van der Waals surface area contributed by atoms with Gasteiger partial charge in [-0.25, -0.2) is 4.39 Å². The minimum Gasteiger partial charge on any atom is -0.313 e. The van der Waals surface area contributed by atoms with E-state index in [1.807, 2.05) is 23.8 Å². The van der Waals surface area contributed by atoms with Crippen molar-refractivity contribution in [2.24, 2.45) is 0 Å². The van der Waals surface area contributed by atoms with Crippen LogP contribution in [0.2, 0.25) is 0 Å². The molecule has 0 saturated carbocycles. The molecule has 1 aromatic heterocycles. The number of rotatable bonds is 7. The highest BCUT2D eigenvalue weighted by atomic mass is 32.1. The Morgan fingerprint density at radius 1 is 1.29 bits per heavy atom. The smallest absolute Gasteiger partial charge is 0.123 e. The van der Waals surface area contributed by atoms with Crippen LogP contribution in [0.3, 0.4) is 0 Å². The van der Waals surface area contributed by atoms with E-state index in [9.17, 15) is 4.39 Å². The first-order valence-corrected chi connectivity index (χ1v) is 8.28. The number of halogens is 1. The van der Waals surface area contributed by atoms with Gasteiger partial charge in [0.05, 0.1) is 5.51 Å². The van der Waals surface area contributed by atoms with Crippen molar-refractivity contribution in [3.63, 3.8) is 0 Å². The van der Waals surface area contributed by atoms with Crippen molar-refractivity contribution in [1.82, 2.24) is 10.3 Å². The van der Waals surface area contributed by atoms with Gasteiger partial charge in [0.1, 0.15) is 5.82 Å². The van der Waals surface area contributed by atoms with E-state index in [0.29, 0.717) is 6.04 Å². The fourth-order valence-corrected chi connectivity index (χ4v) is 3.17. The zero-order chi connectivity index (χ0) is 15.3. The third kappa shape index (κ3) is 4.11. The lowest BCUT2D eigenvalue weighted by Crippen LogP contribution is -2.46. The summed E-state index contributed by atoms with van der Waals surface area (Å²) in [7, 11) is 0. The van der Waals surface area contributed by atoms with Gasteiger partial charge in [-0.3, -0.25) is 4.98 Å². The molecule has 0 saturated heterocycles. The summed E-state index contributed by atoms with van der Waals surface area (Å²) in [5, 5.41) is 3.65. The van der Waals surface area contributed by atoms with Crippen LogP contribution in [-0.2, 0) is 11.8 Å². The van der Waals surface area contributed by atoms with Gasteiger partial charge in [0, 0.05) is 22.5 Å². The number of hydrogen-bond donors (Lipinski definition) is 1. The Labute approximate surface area is 130 Å². The van der Waals surface area contributed by atoms with Crippen LogP contribution in [0.1, 0.15) is 37.6 Å². The molecule has 0 radical (unpaired) electrons. The lowest BCUT2D eigenvalue weighted by atomic mass is 9.76. The van der Waals surface area contributed by atoms with Crippen LogP contribution in [0.5, 0.6) is 0 Å². The average Bonchev–Trinajstić information content (AvgIpc) is 2.96. The van der Waals surface area contributed by atoms with Crippen molar-refractivity contribution in [3.05, 3.63) is 52.2 Å². The second kappa shape index (κ2) is 7.14. The molecule has 0 aliphatic rings. The lowest BCUT2D eigenvalue weighted by Gasteiger charge is -2.35. The van der Waals surface area contributed by atoms with Gasteiger partial charge < -0.3 is 5.32 Å². The SMILES string of the molecule is CCCNC(Cc1cncs1)C(C)(C)c1ccc(F)cc1. The largest absolute Gasteiger partial charge is 0.313 e. The summed E-state index contributed by atoms with van der Waals surface area (Å²) in [6.45, 7) is 7.58. The summed E-state index contributed by atoms with van der Waals surface area (Å²) in [6, 6.07) is 7.16. The van der Waals surface area contributed by atoms with E-state index in [2.05, 4.69) is 31.1 Å². The fourth-order valence-electron chi connectivity index (χ4n) is 2.53. The van der Waals surface area contributed by atoms with E-state index in [-0.39, 0.29) is 11.2 Å². The normalized spacial score (nSPS) is 13.3. The highest BCUT2D eigenvalue weighted by Gasteiger charge is 2.31. The molecule has 2 nitrogen and oxygen atoms in total. The molecule has 0 fully saturated rings. The van der Waals surface area contributed by atoms with Crippen LogP contribution in [0, 0.1) is 5.82 Å². The molecule has 0 spiro atoms. The Kier molecular flexibility index (Phi) is 5.48. The second-order valence-corrected chi connectivity index (χ2v) is 6.88. The molecule has 114 valence electrons. The maximum absolute atomic E-state index is 13.2. The predicted octanol–water partition coefficient (Wildman–Crippen LogP) is 4.17. The molecule has 0 amide bonds. The minimum atomic E-state index is -0.185.